The van der Waals surface area contributed by atoms with Gasteiger partial charge in [-0.2, -0.15) is 0 Å². The highest BCUT2D eigenvalue weighted by atomic mass is 32.1. The van der Waals surface area contributed by atoms with E-state index in [0.717, 1.165) is 43.3 Å². The van der Waals surface area contributed by atoms with E-state index >= 15 is 0 Å². The van der Waals surface area contributed by atoms with E-state index < -0.39 is 0 Å². The number of H-pyrrole nitrogens is 1. The Hall–Kier alpha value is -1.17. The Morgan fingerprint density at radius 3 is 3.06 bits per heavy atom. The summed E-state index contributed by atoms with van der Waals surface area (Å²) >= 11 is 4.56. The predicted octanol–water partition coefficient (Wildman–Crippen LogP) is 1.60. The molecule has 0 saturated heterocycles. The van der Waals surface area contributed by atoms with E-state index in [-0.39, 0.29) is 5.50 Å². The van der Waals surface area contributed by atoms with Crippen LogP contribution in [-0.2, 0) is 0 Å². The molecule has 1 aliphatic heterocycles. The number of aromatic amines is 1. The largest absolute Gasteiger partial charge is 0.340 e. The molecule has 2 N–H and O–H groups in total. The molecule has 1 aliphatic rings. The molecule has 5 nitrogen and oxygen atoms in total. The zero-order valence-corrected chi connectivity index (χ0v) is 11.2. The second-order valence-electron chi connectivity index (χ2n) is 3.99. The minimum Gasteiger partial charge on any atom is -0.340 e. The Balaban J connectivity index is 2.27. The summed E-state index contributed by atoms with van der Waals surface area (Å²) in [6.07, 6.45) is 4.00. The van der Waals surface area contributed by atoms with Crippen molar-refractivity contribution in [2.45, 2.75) is 32.2 Å². The van der Waals surface area contributed by atoms with Gasteiger partial charge in [0, 0.05) is 13.1 Å². The van der Waals surface area contributed by atoms with Crippen LogP contribution in [0.15, 0.2) is 11.3 Å². The lowest BCUT2D eigenvalue weighted by Crippen LogP contribution is -2.50. The quantitative estimate of drug-likeness (QED) is 0.714. The van der Waals surface area contributed by atoms with Crippen LogP contribution in [0.5, 0.6) is 0 Å². The second kappa shape index (κ2) is 5.44. The van der Waals surface area contributed by atoms with Crippen LogP contribution >= 0.6 is 12.6 Å². The van der Waals surface area contributed by atoms with Gasteiger partial charge in [0.05, 0.1) is 6.33 Å². The van der Waals surface area contributed by atoms with Crippen LogP contribution in [0.4, 0.5) is 5.82 Å². The summed E-state index contributed by atoms with van der Waals surface area (Å²) < 4.78 is 0. The van der Waals surface area contributed by atoms with Crippen molar-refractivity contribution in [3.63, 3.8) is 0 Å². The van der Waals surface area contributed by atoms with E-state index in [1.54, 1.807) is 6.33 Å². The molecule has 0 aromatic carbocycles. The third-order valence-corrected chi connectivity index (χ3v) is 3.17. The summed E-state index contributed by atoms with van der Waals surface area (Å²) in [6.45, 7) is 5.90. The molecule has 94 valence electrons. The zero-order chi connectivity index (χ0) is 12.3. The number of thiol groups is 1. The van der Waals surface area contributed by atoms with Gasteiger partial charge in [-0.3, -0.25) is 4.99 Å². The van der Waals surface area contributed by atoms with Gasteiger partial charge >= 0.3 is 0 Å². The number of imidazole rings is 1. The SMILES string of the molecule is CCCCN1c2nc[nH]c2C(=NCC)NC1S. The monoisotopic (exact) mass is 253 g/mol. The topological polar surface area (TPSA) is 56.3 Å². The van der Waals surface area contributed by atoms with E-state index in [9.17, 15) is 0 Å². The summed E-state index contributed by atoms with van der Waals surface area (Å²) in [5.41, 5.74) is 0.913. The van der Waals surface area contributed by atoms with Gasteiger partial charge in [0.2, 0.25) is 0 Å². The van der Waals surface area contributed by atoms with Crippen molar-refractivity contribution in [2.75, 3.05) is 18.0 Å². The summed E-state index contributed by atoms with van der Waals surface area (Å²) in [6, 6.07) is 0. The number of amidine groups is 1. The number of nitrogens with one attached hydrogen (secondary N) is 2. The molecule has 1 aromatic heterocycles. The fourth-order valence-corrected chi connectivity index (χ4v) is 2.25. The zero-order valence-electron chi connectivity index (χ0n) is 10.3. The lowest BCUT2D eigenvalue weighted by Gasteiger charge is -2.34. The average Bonchev–Trinajstić information content (AvgIpc) is 2.78. The second-order valence-corrected chi connectivity index (χ2v) is 4.48. The number of unbranched alkanes of at least 4 members (excludes halogenated alkanes) is 1. The van der Waals surface area contributed by atoms with Crippen LogP contribution in [0.25, 0.3) is 0 Å². The molecule has 2 heterocycles. The van der Waals surface area contributed by atoms with Gasteiger partial charge in [-0.15, -0.1) is 12.6 Å². The van der Waals surface area contributed by atoms with Gasteiger partial charge in [0.1, 0.15) is 11.2 Å². The Labute approximate surface area is 107 Å². The smallest absolute Gasteiger partial charge is 0.160 e. The molecule has 1 unspecified atom stereocenters. The first-order valence-corrected chi connectivity index (χ1v) is 6.59. The number of anilines is 1. The predicted molar refractivity (Wildman–Crippen MR) is 73.8 cm³/mol. The summed E-state index contributed by atoms with van der Waals surface area (Å²) in [4.78, 5) is 14.1. The lowest BCUT2D eigenvalue weighted by molar-refractivity contribution is 0.653. The molecule has 0 fully saturated rings. The first kappa shape index (κ1) is 12.3. The van der Waals surface area contributed by atoms with Crippen LogP contribution < -0.4 is 10.2 Å². The molecule has 0 aliphatic carbocycles. The maximum Gasteiger partial charge on any atom is 0.160 e. The van der Waals surface area contributed by atoms with Crippen molar-refractivity contribution in [1.82, 2.24) is 15.3 Å². The van der Waals surface area contributed by atoms with Crippen LogP contribution in [0, 0.1) is 0 Å². The summed E-state index contributed by atoms with van der Waals surface area (Å²) in [7, 11) is 0. The molecule has 0 spiro atoms. The normalized spacial score (nSPS) is 21.5. The van der Waals surface area contributed by atoms with Crippen molar-refractivity contribution >= 4 is 24.3 Å². The number of hydrogen-bond acceptors (Lipinski definition) is 4. The Morgan fingerprint density at radius 2 is 2.35 bits per heavy atom. The molecule has 0 saturated carbocycles. The molecule has 1 aromatic rings. The Bertz CT molecular complexity index is 400. The molecular formula is C11H19N5S. The standard InChI is InChI=1S/C11H19N5S/c1-3-5-6-16-10-8(13-7-14-10)9(12-4-2)15-11(16)17/h7,11,17H,3-6H2,1-2H3,(H,12,15)(H,13,14). The van der Waals surface area contributed by atoms with E-state index in [2.05, 4.69) is 44.7 Å². The highest BCUT2D eigenvalue weighted by Gasteiger charge is 2.28. The molecule has 0 amide bonds. The van der Waals surface area contributed by atoms with Crippen molar-refractivity contribution in [3.05, 3.63) is 12.0 Å². The Kier molecular flexibility index (Phi) is 3.93. The van der Waals surface area contributed by atoms with Gasteiger partial charge < -0.3 is 15.2 Å². The van der Waals surface area contributed by atoms with Gasteiger partial charge in [-0.05, 0) is 13.3 Å². The number of nitrogens with zero attached hydrogens (tertiary/aromatic N) is 3. The van der Waals surface area contributed by atoms with Crippen LogP contribution in [0.3, 0.4) is 0 Å². The first-order valence-electron chi connectivity index (χ1n) is 6.07. The van der Waals surface area contributed by atoms with Gasteiger partial charge in [0.15, 0.2) is 11.7 Å². The number of aliphatic imine (C=N–C) groups is 1. The lowest BCUT2D eigenvalue weighted by atomic mass is 10.2. The third kappa shape index (κ3) is 2.41. The van der Waals surface area contributed by atoms with Crippen molar-refractivity contribution < 1.29 is 0 Å². The maximum absolute atomic E-state index is 4.56. The maximum atomic E-state index is 4.56. The van der Waals surface area contributed by atoms with Gasteiger partial charge in [0.25, 0.3) is 0 Å². The minimum absolute atomic E-state index is 0.0531. The summed E-state index contributed by atoms with van der Waals surface area (Å²) in [5, 5.41) is 3.29. The van der Waals surface area contributed by atoms with E-state index in [1.807, 2.05) is 6.92 Å². The molecule has 0 radical (unpaired) electrons. The van der Waals surface area contributed by atoms with E-state index in [4.69, 9.17) is 0 Å². The molecule has 6 heteroatoms. The summed E-state index contributed by atoms with van der Waals surface area (Å²) in [5.74, 6) is 1.80. The fraction of sp³-hybridized carbons (Fsp3) is 0.636. The number of hydrogen-bond donors (Lipinski definition) is 3. The molecule has 0 bridgehead atoms. The Morgan fingerprint density at radius 1 is 1.53 bits per heavy atom. The first-order chi connectivity index (χ1) is 8.27. The average molecular weight is 253 g/mol. The highest BCUT2D eigenvalue weighted by molar-refractivity contribution is 7.81. The highest BCUT2D eigenvalue weighted by Crippen LogP contribution is 2.24. The van der Waals surface area contributed by atoms with E-state index in [0.29, 0.717) is 0 Å². The van der Waals surface area contributed by atoms with Crippen molar-refractivity contribution in [3.8, 4) is 0 Å². The van der Waals surface area contributed by atoms with Crippen LogP contribution in [-0.4, -0.2) is 34.4 Å². The molecule has 1 atom stereocenters. The minimum atomic E-state index is -0.0531. The number of fused-ring (bicyclic) bond motifs is 1. The van der Waals surface area contributed by atoms with Crippen LogP contribution in [0.1, 0.15) is 32.4 Å². The van der Waals surface area contributed by atoms with E-state index in [1.165, 1.54) is 0 Å². The fourth-order valence-electron chi connectivity index (χ4n) is 1.91. The molecule has 17 heavy (non-hydrogen) atoms. The number of rotatable bonds is 4. The molecular weight excluding hydrogens is 234 g/mol. The number of aromatic nitrogens is 2. The van der Waals surface area contributed by atoms with Crippen molar-refractivity contribution in [2.24, 2.45) is 4.99 Å². The van der Waals surface area contributed by atoms with Crippen LogP contribution in [0.2, 0.25) is 0 Å². The third-order valence-electron chi connectivity index (χ3n) is 2.76. The van der Waals surface area contributed by atoms with Crippen molar-refractivity contribution in [1.29, 1.82) is 0 Å². The van der Waals surface area contributed by atoms with Gasteiger partial charge in [-0.1, -0.05) is 13.3 Å². The molecule has 2 rings (SSSR count). The van der Waals surface area contributed by atoms with Gasteiger partial charge in [-0.25, -0.2) is 4.98 Å².